The highest BCUT2D eigenvalue weighted by atomic mass is 16.4. The van der Waals surface area contributed by atoms with Gasteiger partial charge in [-0.25, -0.2) is 0 Å². The Morgan fingerprint density at radius 3 is 2.57 bits per heavy atom. The second-order valence-corrected chi connectivity index (χ2v) is 4.96. The molecule has 2 aromatic rings. The smallest absolute Gasteiger partial charge is 0.141 e. The SMILES string of the molecule is CN(Cc1ccccn1)C(CC(N)=NO)c1ccccc1. The van der Waals surface area contributed by atoms with E-state index in [1.54, 1.807) is 6.20 Å². The van der Waals surface area contributed by atoms with Crippen molar-refractivity contribution in [1.82, 2.24) is 9.88 Å². The van der Waals surface area contributed by atoms with E-state index in [4.69, 9.17) is 10.9 Å². The minimum atomic E-state index is 0.0316. The van der Waals surface area contributed by atoms with Gasteiger partial charge in [-0.3, -0.25) is 9.88 Å². The Kier molecular flexibility index (Phi) is 5.29. The summed E-state index contributed by atoms with van der Waals surface area (Å²) in [6.07, 6.45) is 2.24. The van der Waals surface area contributed by atoms with Crippen LogP contribution in [0, 0.1) is 0 Å². The molecule has 21 heavy (non-hydrogen) atoms. The maximum Gasteiger partial charge on any atom is 0.141 e. The molecule has 0 aliphatic rings. The zero-order chi connectivity index (χ0) is 15.1. The summed E-state index contributed by atoms with van der Waals surface area (Å²) in [7, 11) is 2.01. The third-order valence-corrected chi connectivity index (χ3v) is 3.38. The minimum absolute atomic E-state index is 0.0316. The molecule has 2 rings (SSSR count). The van der Waals surface area contributed by atoms with E-state index >= 15 is 0 Å². The molecule has 110 valence electrons. The molecule has 1 heterocycles. The Hall–Kier alpha value is -2.40. The van der Waals surface area contributed by atoms with Crippen molar-refractivity contribution in [2.45, 2.75) is 19.0 Å². The van der Waals surface area contributed by atoms with Crippen LogP contribution in [0.5, 0.6) is 0 Å². The van der Waals surface area contributed by atoms with Gasteiger partial charge in [-0.1, -0.05) is 41.6 Å². The van der Waals surface area contributed by atoms with Crippen LogP contribution in [0.1, 0.15) is 23.7 Å². The fourth-order valence-corrected chi connectivity index (χ4v) is 2.30. The van der Waals surface area contributed by atoms with E-state index in [0.717, 1.165) is 11.3 Å². The first-order chi connectivity index (χ1) is 10.2. The number of benzene rings is 1. The Labute approximate surface area is 124 Å². The summed E-state index contributed by atoms with van der Waals surface area (Å²) in [5.74, 6) is 0.219. The van der Waals surface area contributed by atoms with Gasteiger partial charge < -0.3 is 10.9 Å². The van der Waals surface area contributed by atoms with Gasteiger partial charge in [0.05, 0.1) is 5.69 Å². The Bertz CT molecular complexity index is 571. The molecule has 0 saturated heterocycles. The van der Waals surface area contributed by atoms with Crippen molar-refractivity contribution in [3.8, 4) is 0 Å². The molecule has 0 saturated carbocycles. The number of nitrogens with zero attached hydrogens (tertiary/aromatic N) is 3. The van der Waals surface area contributed by atoms with Gasteiger partial charge in [0, 0.05) is 25.2 Å². The zero-order valence-electron chi connectivity index (χ0n) is 12.1. The van der Waals surface area contributed by atoms with Crippen LogP contribution in [0.25, 0.3) is 0 Å². The summed E-state index contributed by atoms with van der Waals surface area (Å²) >= 11 is 0. The fraction of sp³-hybridized carbons (Fsp3) is 0.250. The molecule has 0 amide bonds. The van der Waals surface area contributed by atoms with Crippen LogP contribution in [-0.2, 0) is 6.54 Å². The molecular weight excluding hydrogens is 264 g/mol. The molecule has 1 aromatic carbocycles. The van der Waals surface area contributed by atoms with Crippen LogP contribution in [0.4, 0.5) is 0 Å². The predicted octanol–water partition coefficient (Wildman–Crippen LogP) is 2.39. The lowest BCUT2D eigenvalue weighted by molar-refractivity contribution is 0.236. The quantitative estimate of drug-likeness (QED) is 0.370. The first kappa shape index (κ1) is 15.0. The van der Waals surface area contributed by atoms with E-state index in [0.29, 0.717) is 13.0 Å². The van der Waals surface area contributed by atoms with E-state index in [1.807, 2.05) is 55.6 Å². The number of hydrogen-bond donors (Lipinski definition) is 2. The molecular formula is C16H20N4O. The van der Waals surface area contributed by atoms with E-state index in [2.05, 4.69) is 15.0 Å². The summed E-state index contributed by atoms with van der Waals surface area (Å²) in [4.78, 5) is 6.49. The highest BCUT2D eigenvalue weighted by Crippen LogP contribution is 2.24. The third-order valence-electron chi connectivity index (χ3n) is 3.38. The lowest BCUT2D eigenvalue weighted by Gasteiger charge is -2.28. The van der Waals surface area contributed by atoms with Crippen molar-refractivity contribution in [2.75, 3.05) is 7.05 Å². The van der Waals surface area contributed by atoms with Crippen molar-refractivity contribution in [1.29, 1.82) is 0 Å². The lowest BCUT2D eigenvalue weighted by atomic mass is 10.0. The highest BCUT2D eigenvalue weighted by Gasteiger charge is 2.19. The number of nitrogens with two attached hydrogens (primary N) is 1. The molecule has 5 heteroatoms. The largest absolute Gasteiger partial charge is 0.409 e. The summed E-state index contributed by atoms with van der Waals surface area (Å²) in [5, 5.41) is 11.9. The van der Waals surface area contributed by atoms with Crippen LogP contribution < -0.4 is 5.73 Å². The normalized spacial score (nSPS) is 13.3. The highest BCUT2D eigenvalue weighted by molar-refractivity contribution is 5.80. The number of hydrogen-bond acceptors (Lipinski definition) is 4. The van der Waals surface area contributed by atoms with Gasteiger partial charge in [-0.15, -0.1) is 0 Å². The average molecular weight is 284 g/mol. The van der Waals surface area contributed by atoms with E-state index in [-0.39, 0.29) is 11.9 Å². The predicted molar refractivity (Wildman–Crippen MR) is 82.9 cm³/mol. The number of rotatable bonds is 6. The molecule has 5 nitrogen and oxygen atoms in total. The summed E-state index contributed by atoms with van der Waals surface area (Å²) in [5.41, 5.74) is 7.81. The van der Waals surface area contributed by atoms with Crippen LogP contribution >= 0.6 is 0 Å². The Morgan fingerprint density at radius 2 is 1.95 bits per heavy atom. The monoisotopic (exact) mass is 284 g/mol. The second-order valence-electron chi connectivity index (χ2n) is 4.96. The van der Waals surface area contributed by atoms with Gasteiger partial charge in [-0.2, -0.15) is 0 Å². The third kappa shape index (κ3) is 4.29. The molecule has 1 atom stereocenters. The van der Waals surface area contributed by atoms with Gasteiger partial charge >= 0.3 is 0 Å². The van der Waals surface area contributed by atoms with Crippen molar-refractivity contribution in [3.63, 3.8) is 0 Å². The first-order valence-electron chi connectivity index (χ1n) is 6.82. The maximum absolute atomic E-state index is 8.83. The fourth-order valence-electron chi connectivity index (χ4n) is 2.30. The Morgan fingerprint density at radius 1 is 1.24 bits per heavy atom. The van der Waals surface area contributed by atoms with Crippen molar-refractivity contribution < 1.29 is 5.21 Å². The molecule has 0 radical (unpaired) electrons. The summed E-state index contributed by atoms with van der Waals surface area (Å²) in [6, 6.07) is 15.9. The number of aromatic nitrogens is 1. The zero-order valence-corrected chi connectivity index (χ0v) is 12.1. The minimum Gasteiger partial charge on any atom is -0.409 e. The van der Waals surface area contributed by atoms with Gasteiger partial charge in [0.25, 0.3) is 0 Å². The van der Waals surface area contributed by atoms with Gasteiger partial charge in [0.2, 0.25) is 0 Å². The molecule has 0 aliphatic carbocycles. The first-order valence-corrected chi connectivity index (χ1v) is 6.82. The van der Waals surface area contributed by atoms with Gasteiger partial charge in [-0.05, 0) is 24.7 Å². The van der Waals surface area contributed by atoms with E-state index in [1.165, 1.54) is 0 Å². The lowest BCUT2D eigenvalue weighted by Crippen LogP contribution is -2.29. The number of oxime groups is 1. The second kappa shape index (κ2) is 7.40. The maximum atomic E-state index is 8.83. The molecule has 3 N–H and O–H groups in total. The summed E-state index contributed by atoms with van der Waals surface area (Å²) in [6.45, 7) is 0.694. The standard InChI is InChI=1S/C16H20N4O/c1-20(12-14-9-5-6-10-18-14)15(11-16(17)19-21)13-7-3-2-4-8-13/h2-10,15,21H,11-12H2,1H3,(H2,17,19). The van der Waals surface area contributed by atoms with Crippen molar-refractivity contribution in [2.24, 2.45) is 10.9 Å². The van der Waals surface area contributed by atoms with Crippen molar-refractivity contribution >= 4 is 5.84 Å². The molecule has 1 unspecified atom stereocenters. The average Bonchev–Trinajstić information content (AvgIpc) is 2.54. The van der Waals surface area contributed by atoms with Crippen LogP contribution in [0.2, 0.25) is 0 Å². The molecule has 1 aromatic heterocycles. The van der Waals surface area contributed by atoms with Crippen molar-refractivity contribution in [3.05, 3.63) is 66.0 Å². The number of amidine groups is 1. The number of pyridine rings is 1. The topological polar surface area (TPSA) is 74.7 Å². The van der Waals surface area contributed by atoms with Crippen LogP contribution in [-0.4, -0.2) is 28.0 Å². The van der Waals surface area contributed by atoms with Crippen LogP contribution in [0.15, 0.2) is 59.9 Å². The summed E-state index contributed by atoms with van der Waals surface area (Å²) < 4.78 is 0. The molecule has 0 fully saturated rings. The molecule has 0 bridgehead atoms. The molecule has 0 spiro atoms. The Balaban J connectivity index is 2.18. The molecule has 0 aliphatic heterocycles. The van der Waals surface area contributed by atoms with Crippen LogP contribution in [0.3, 0.4) is 0 Å². The van der Waals surface area contributed by atoms with E-state index in [9.17, 15) is 0 Å². The van der Waals surface area contributed by atoms with Gasteiger partial charge in [0.1, 0.15) is 5.84 Å². The van der Waals surface area contributed by atoms with Gasteiger partial charge in [0.15, 0.2) is 0 Å². The van der Waals surface area contributed by atoms with E-state index < -0.39 is 0 Å².